The average molecular weight is 350 g/mol. The average Bonchev–Trinajstić information content (AvgIpc) is 2.63. The number of nitrogens with one attached hydrogen (secondary N) is 1. The molecule has 0 spiro atoms. The number of nitrogens with zero attached hydrogens (tertiary/aromatic N) is 2. The predicted octanol–water partition coefficient (Wildman–Crippen LogP) is 2.64. The van der Waals surface area contributed by atoms with Crippen molar-refractivity contribution in [1.29, 1.82) is 0 Å². The molecule has 24 heavy (non-hydrogen) atoms. The number of morpholine rings is 1. The highest BCUT2D eigenvalue weighted by molar-refractivity contribution is 6.31. The number of hydrogen-bond donors (Lipinski definition) is 1. The van der Waals surface area contributed by atoms with Crippen LogP contribution in [0.2, 0.25) is 5.02 Å². The zero-order chi connectivity index (χ0) is 16.9. The van der Waals surface area contributed by atoms with E-state index >= 15 is 0 Å². The van der Waals surface area contributed by atoms with Crippen molar-refractivity contribution in [2.24, 2.45) is 0 Å². The van der Waals surface area contributed by atoms with E-state index in [0.29, 0.717) is 18.2 Å². The van der Waals surface area contributed by atoms with Crippen molar-refractivity contribution in [2.75, 3.05) is 31.2 Å². The molecular formula is C17H17ClFN3O2. The molecule has 3 rings (SSSR count). The first kappa shape index (κ1) is 16.7. The summed E-state index contributed by atoms with van der Waals surface area (Å²) in [5, 5.41) is 3.02. The minimum absolute atomic E-state index is 0.0649. The normalized spacial score (nSPS) is 14.5. The van der Waals surface area contributed by atoms with Gasteiger partial charge in [-0.1, -0.05) is 11.6 Å². The van der Waals surface area contributed by atoms with Gasteiger partial charge < -0.3 is 15.0 Å². The molecule has 1 amide bonds. The topological polar surface area (TPSA) is 54.5 Å². The Kier molecular flexibility index (Phi) is 5.27. The molecule has 5 nitrogen and oxygen atoms in total. The fourth-order valence-electron chi connectivity index (χ4n) is 2.48. The molecule has 0 bridgehead atoms. The third kappa shape index (κ3) is 4.01. The number of rotatable bonds is 4. The van der Waals surface area contributed by atoms with E-state index in [0.717, 1.165) is 24.5 Å². The molecule has 0 radical (unpaired) electrons. The first-order chi connectivity index (χ1) is 11.6. The molecule has 1 aliphatic rings. The molecule has 1 aromatic carbocycles. The first-order valence-electron chi connectivity index (χ1n) is 7.64. The van der Waals surface area contributed by atoms with Gasteiger partial charge in [0.2, 0.25) is 0 Å². The highest BCUT2D eigenvalue weighted by Crippen LogP contribution is 2.16. The van der Waals surface area contributed by atoms with Crippen LogP contribution in [0.3, 0.4) is 0 Å². The van der Waals surface area contributed by atoms with E-state index in [-0.39, 0.29) is 12.1 Å². The lowest BCUT2D eigenvalue weighted by atomic mass is 10.2. The third-order valence-corrected chi connectivity index (χ3v) is 4.01. The lowest BCUT2D eigenvalue weighted by Crippen LogP contribution is -2.36. The molecule has 1 saturated heterocycles. The smallest absolute Gasteiger partial charge is 0.254 e. The van der Waals surface area contributed by atoms with Gasteiger partial charge in [-0.25, -0.2) is 9.37 Å². The number of hydrogen-bond acceptors (Lipinski definition) is 4. The van der Waals surface area contributed by atoms with Crippen molar-refractivity contribution in [3.8, 4) is 0 Å². The molecule has 1 N–H and O–H groups in total. The van der Waals surface area contributed by atoms with E-state index in [2.05, 4.69) is 15.2 Å². The maximum atomic E-state index is 13.7. The molecule has 0 unspecified atom stereocenters. The predicted molar refractivity (Wildman–Crippen MR) is 89.8 cm³/mol. The second-order valence-corrected chi connectivity index (χ2v) is 5.86. The monoisotopic (exact) mass is 349 g/mol. The fraction of sp³-hybridized carbons (Fsp3) is 0.294. The Morgan fingerprint density at radius 1 is 1.29 bits per heavy atom. The van der Waals surface area contributed by atoms with Gasteiger partial charge in [-0.3, -0.25) is 4.79 Å². The summed E-state index contributed by atoms with van der Waals surface area (Å²) in [6.07, 6.45) is 1.70. The van der Waals surface area contributed by atoms with E-state index < -0.39 is 11.7 Å². The van der Waals surface area contributed by atoms with Crippen LogP contribution >= 0.6 is 11.6 Å². The van der Waals surface area contributed by atoms with Crippen molar-refractivity contribution < 1.29 is 13.9 Å². The molecule has 7 heteroatoms. The zero-order valence-corrected chi connectivity index (χ0v) is 13.7. The molecule has 0 atom stereocenters. The van der Waals surface area contributed by atoms with Crippen molar-refractivity contribution >= 4 is 23.3 Å². The van der Waals surface area contributed by atoms with Gasteiger partial charge in [-0.05, 0) is 35.9 Å². The first-order valence-corrected chi connectivity index (χ1v) is 8.02. The van der Waals surface area contributed by atoms with Crippen molar-refractivity contribution in [1.82, 2.24) is 10.3 Å². The summed E-state index contributed by atoms with van der Waals surface area (Å²) < 4.78 is 19.0. The summed E-state index contributed by atoms with van der Waals surface area (Å²) in [6, 6.07) is 7.64. The number of halogens is 2. The second kappa shape index (κ2) is 7.59. The molecular weight excluding hydrogens is 333 g/mol. The van der Waals surface area contributed by atoms with Gasteiger partial charge in [0.15, 0.2) is 0 Å². The van der Waals surface area contributed by atoms with Crippen LogP contribution in [0.15, 0.2) is 36.5 Å². The van der Waals surface area contributed by atoms with Crippen LogP contribution in [0.25, 0.3) is 0 Å². The van der Waals surface area contributed by atoms with Gasteiger partial charge in [0, 0.05) is 30.9 Å². The van der Waals surface area contributed by atoms with Gasteiger partial charge in [-0.2, -0.15) is 0 Å². The minimum Gasteiger partial charge on any atom is -0.378 e. The Balaban J connectivity index is 1.66. The van der Waals surface area contributed by atoms with Gasteiger partial charge >= 0.3 is 0 Å². The standard InChI is InChI=1S/C17H17ClFN3O2/c18-13-1-2-15(19)14(10-13)17(23)21-11-12-3-4-20-16(9-12)22-5-7-24-8-6-22/h1-4,9-10H,5-8,11H2,(H,21,23). The van der Waals surface area contributed by atoms with Crippen LogP contribution in [-0.2, 0) is 11.3 Å². The highest BCUT2D eigenvalue weighted by atomic mass is 35.5. The summed E-state index contributed by atoms with van der Waals surface area (Å²) in [4.78, 5) is 18.6. The Morgan fingerprint density at radius 3 is 2.88 bits per heavy atom. The minimum atomic E-state index is -0.597. The summed E-state index contributed by atoms with van der Waals surface area (Å²) in [7, 11) is 0. The largest absolute Gasteiger partial charge is 0.378 e. The third-order valence-electron chi connectivity index (χ3n) is 3.77. The Labute approximate surface area is 144 Å². The van der Waals surface area contributed by atoms with Gasteiger partial charge in [0.1, 0.15) is 11.6 Å². The van der Waals surface area contributed by atoms with E-state index in [9.17, 15) is 9.18 Å². The SMILES string of the molecule is O=C(NCc1ccnc(N2CCOCC2)c1)c1cc(Cl)ccc1F. The number of carbonyl (C=O) groups excluding carboxylic acids is 1. The van der Waals surface area contributed by atoms with Crippen LogP contribution in [0, 0.1) is 5.82 Å². The van der Waals surface area contributed by atoms with E-state index in [1.165, 1.54) is 18.2 Å². The van der Waals surface area contributed by atoms with E-state index in [1.54, 1.807) is 6.20 Å². The van der Waals surface area contributed by atoms with Crippen LogP contribution in [0.1, 0.15) is 15.9 Å². The van der Waals surface area contributed by atoms with Gasteiger partial charge in [0.25, 0.3) is 5.91 Å². The number of benzene rings is 1. The van der Waals surface area contributed by atoms with Crippen LogP contribution in [-0.4, -0.2) is 37.2 Å². The van der Waals surface area contributed by atoms with E-state index in [4.69, 9.17) is 16.3 Å². The van der Waals surface area contributed by atoms with Crippen molar-refractivity contribution in [2.45, 2.75) is 6.54 Å². The highest BCUT2D eigenvalue weighted by Gasteiger charge is 2.14. The number of anilines is 1. The lowest BCUT2D eigenvalue weighted by molar-refractivity contribution is 0.0947. The molecule has 2 aromatic rings. The molecule has 1 aliphatic heterocycles. The number of amides is 1. The molecule has 0 saturated carbocycles. The molecule has 0 aliphatic carbocycles. The molecule has 2 heterocycles. The summed E-state index contributed by atoms with van der Waals surface area (Å²) >= 11 is 5.81. The Bertz CT molecular complexity index is 736. The van der Waals surface area contributed by atoms with Crippen molar-refractivity contribution in [3.05, 3.63) is 58.5 Å². The van der Waals surface area contributed by atoms with E-state index in [1.807, 2.05) is 12.1 Å². The van der Waals surface area contributed by atoms with Gasteiger partial charge in [0.05, 0.1) is 18.8 Å². The lowest BCUT2D eigenvalue weighted by Gasteiger charge is -2.28. The number of ether oxygens (including phenoxy) is 1. The quantitative estimate of drug-likeness (QED) is 0.922. The summed E-state index contributed by atoms with van der Waals surface area (Å²) in [5.41, 5.74) is 0.826. The fourth-order valence-corrected chi connectivity index (χ4v) is 2.66. The Morgan fingerprint density at radius 2 is 2.08 bits per heavy atom. The van der Waals surface area contributed by atoms with Crippen LogP contribution in [0.5, 0.6) is 0 Å². The Hall–Kier alpha value is -2.18. The summed E-state index contributed by atoms with van der Waals surface area (Å²) in [6.45, 7) is 3.21. The second-order valence-electron chi connectivity index (χ2n) is 5.43. The number of carbonyl (C=O) groups is 1. The molecule has 1 fully saturated rings. The van der Waals surface area contributed by atoms with Crippen LogP contribution in [0.4, 0.5) is 10.2 Å². The molecule has 1 aromatic heterocycles. The summed E-state index contributed by atoms with van der Waals surface area (Å²) in [5.74, 6) is -0.251. The van der Waals surface area contributed by atoms with Crippen molar-refractivity contribution in [3.63, 3.8) is 0 Å². The number of pyridine rings is 1. The van der Waals surface area contributed by atoms with Gasteiger partial charge in [-0.15, -0.1) is 0 Å². The maximum absolute atomic E-state index is 13.7. The maximum Gasteiger partial charge on any atom is 0.254 e. The number of aromatic nitrogens is 1. The van der Waals surface area contributed by atoms with Crippen LogP contribution < -0.4 is 10.2 Å². The molecule has 126 valence electrons. The zero-order valence-electron chi connectivity index (χ0n) is 13.0.